The van der Waals surface area contributed by atoms with Crippen molar-refractivity contribution in [2.45, 2.75) is 32.0 Å². The molecule has 0 radical (unpaired) electrons. The molecule has 12 heteroatoms. The van der Waals surface area contributed by atoms with Crippen molar-refractivity contribution in [2.75, 3.05) is 6.54 Å². The van der Waals surface area contributed by atoms with Gasteiger partial charge < -0.3 is 9.42 Å². The first-order chi connectivity index (χ1) is 16.3. The van der Waals surface area contributed by atoms with Crippen LogP contribution < -0.4 is 0 Å². The summed E-state index contributed by atoms with van der Waals surface area (Å²) in [5, 5.41) is 12.2. The molecule has 1 atom stereocenters. The van der Waals surface area contributed by atoms with E-state index in [1.54, 1.807) is 17.0 Å². The Morgan fingerprint density at radius 3 is 2.68 bits per heavy atom. The molecule has 3 aromatic heterocycles. The quantitative estimate of drug-likeness (QED) is 0.445. The highest BCUT2D eigenvalue weighted by Gasteiger charge is 2.36. The van der Waals surface area contributed by atoms with Crippen LogP contribution in [-0.4, -0.2) is 47.5 Å². The van der Waals surface area contributed by atoms with Crippen LogP contribution in [0.15, 0.2) is 53.3 Å². The third-order valence-corrected chi connectivity index (χ3v) is 5.53. The van der Waals surface area contributed by atoms with Crippen LogP contribution in [0.25, 0.3) is 17.3 Å². The first-order valence-corrected chi connectivity index (χ1v) is 10.5. The van der Waals surface area contributed by atoms with Gasteiger partial charge in [-0.3, -0.25) is 4.79 Å². The van der Waals surface area contributed by atoms with E-state index >= 15 is 0 Å². The molecule has 1 unspecified atom stereocenters. The molecule has 174 valence electrons. The highest BCUT2D eigenvalue weighted by molar-refractivity contribution is 5.98. The molecule has 1 amide bonds. The van der Waals surface area contributed by atoms with Crippen LogP contribution in [0.2, 0.25) is 0 Å². The van der Waals surface area contributed by atoms with Crippen molar-refractivity contribution in [3.63, 3.8) is 0 Å². The number of halogens is 3. The monoisotopic (exact) mass is 469 g/mol. The summed E-state index contributed by atoms with van der Waals surface area (Å²) in [7, 11) is 0. The Bertz CT molecular complexity index is 1330. The maximum Gasteiger partial charge on any atom is 0.433 e. The van der Waals surface area contributed by atoms with Crippen LogP contribution in [0.4, 0.5) is 13.2 Å². The summed E-state index contributed by atoms with van der Waals surface area (Å²) in [6, 6.07) is 8.37. The van der Waals surface area contributed by atoms with Crippen LogP contribution in [0, 0.1) is 6.92 Å². The van der Waals surface area contributed by atoms with Crippen LogP contribution in [0.5, 0.6) is 0 Å². The number of pyridine rings is 1. The molecule has 9 nitrogen and oxygen atoms in total. The van der Waals surface area contributed by atoms with Crippen molar-refractivity contribution >= 4 is 5.91 Å². The molecule has 0 N–H and O–H groups in total. The number of hydrogen-bond acceptors (Lipinski definition) is 7. The Balaban J connectivity index is 1.45. The number of amides is 1. The second-order valence-corrected chi connectivity index (χ2v) is 7.86. The fraction of sp³-hybridized carbons (Fsp3) is 0.273. The molecule has 4 aromatic rings. The standard InChI is InChI=1S/C22H18F3N7O2/c1-13-7-8-16(32-26-9-10-27-32)14(12-13)21(33)31-11-3-5-17(31)19-29-20(34-30-19)15-4-2-6-18(28-15)22(23,24)25/h2,4,6-10,12,17H,3,5,11H2,1H3. The average Bonchev–Trinajstić information content (AvgIpc) is 3.59. The average molecular weight is 469 g/mol. The van der Waals surface area contributed by atoms with Crippen LogP contribution in [-0.2, 0) is 6.18 Å². The summed E-state index contributed by atoms with van der Waals surface area (Å²) in [5.74, 6) is -0.175. The number of carbonyl (C=O) groups excluding carboxylic acids is 1. The largest absolute Gasteiger partial charge is 0.433 e. The number of hydrogen-bond donors (Lipinski definition) is 0. The highest BCUT2D eigenvalue weighted by atomic mass is 19.4. The number of likely N-dealkylation sites (tertiary alicyclic amines) is 1. The lowest BCUT2D eigenvalue weighted by Crippen LogP contribution is -2.32. The van der Waals surface area contributed by atoms with E-state index in [-0.39, 0.29) is 23.3 Å². The van der Waals surface area contributed by atoms with Gasteiger partial charge in [-0.15, -0.1) is 0 Å². The molecule has 5 rings (SSSR count). The minimum absolute atomic E-state index is 0.0878. The predicted octanol–water partition coefficient (Wildman–Crippen LogP) is 4.02. The van der Waals surface area contributed by atoms with Crippen LogP contribution >= 0.6 is 0 Å². The van der Waals surface area contributed by atoms with E-state index in [1.165, 1.54) is 29.3 Å². The van der Waals surface area contributed by atoms with Crippen LogP contribution in [0.1, 0.15) is 46.3 Å². The molecular formula is C22H18F3N7O2. The maximum atomic E-state index is 13.6. The molecule has 1 saturated heterocycles. The Morgan fingerprint density at radius 1 is 1.12 bits per heavy atom. The summed E-state index contributed by atoms with van der Waals surface area (Å²) in [5.41, 5.74) is 0.712. The van der Waals surface area contributed by atoms with Crippen molar-refractivity contribution in [1.29, 1.82) is 0 Å². The number of alkyl halides is 3. The van der Waals surface area contributed by atoms with Gasteiger partial charge in [0.2, 0.25) is 0 Å². The summed E-state index contributed by atoms with van der Waals surface area (Å²) in [4.78, 5) is 24.4. The van der Waals surface area contributed by atoms with Gasteiger partial charge in [-0.2, -0.15) is 33.1 Å². The molecule has 34 heavy (non-hydrogen) atoms. The Hall–Kier alpha value is -4.09. The molecule has 1 aliphatic heterocycles. The fourth-order valence-electron chi connectivity index (χ4n) is 3.95. The van der Waals surface area contributed by atoms with Crippen molar-refractivity contribution < 1.29 is 22.5 Å². The SMILES string of the molecule is Cc1ccc(-n2nccn2)c(C(=O)N2CCCC2c2noc(-c3cccc(C(F)(F)F)n3)n2)c1. The van der Waals surface area contributed by atoms with E-state index in [9.17, 15) is 18.0 Å². The van der Waals surface area contributed by atoms with Gasteiger partial charge in [-0.05, 0) is 44.0 Å². The number of nitrogens with zero attached hydrogens (tertiary/aromatic N) is 7. The number of rotatable bonds is 4. The third-order valence-electron chi connectivity index (χ3n) is 5.53. The zero-order valence-electron chi connectivity index (χ0n) is 17.9. The smallest absolute Gasteiger partial charge is 0.332 e. The van der Waals surface area contributed by atoms with Crippen molar-refractivity contribution in [3.8, 4) is 17.3 Å². The molecular weight excluding hydrogens is 451 g/mol. The first kappa shape index (κ1) is 21.7. The Labute approximate surface area is 191 Å². The van der Waals surface area contributed by atoms with Crippen LogP contribution in [0.3, 0.4) is 0 Å². The van der Waals surface area contributed by atoms with Gasteiger partial charge >= 0.3 is 6.18 Å². The number of carbonyl (C=O) groups is 1. The highest BCUT2D eigenvalue weighted by Crippen LogP contribution is 2.34. The second-order valence-electron chi connectivity index (χ2n) is 7.86. The normalized spacial score (nSPS) is 16.2. The summed E-state index contributed by atoms with van der Waals surface area (Å²) in [6.45, 7) is 2.35. The topological polar surface area (TPSA) is 103 Å². The van der Waals surface area contributed by atoms with Crippen molar-refractivity contribution in [2.24, 2.45) is 0 Å². The zero-order valence-corrected chi connectivity index (χ0v) is 17.9. The lowest BCUT2D eigenvalue weighted by molar-refractivity contribution is -0.141. The van der Waals surface area contributed by atoms with E-state index in [1.807, 2.05) is 13.0 Å². The van der Waals surface area contributed by atoms with Gasteiger partial charge in [-0.25, -0.2) is 4.98 Å². The first-order valence-electron chi connectivity index (χ1n) is 10.5. The summed E-state index contributed by atoms with van der Waals surface area (Å²) >= 11 is 0. The van der Waals surface area contributed by atoms with Gasteiger partial charge in [0, 0.05) is 6.54 Å². The molecule has 0 bridgehead atoms. The minimum atomic E-state index is -4.59. The van der Waals surface area contributed by atoms with Crippen molar-refractivity contribution in [3.05, 3.63) is 71.4 Å². The van der Waals surface area contributed by atoms with E-state index in [0.717, 1.165) is 11.6 Å². The third kappa shape index (κ3) is 4.02. The summed E-state index contributed by atoms with van der Waals surface area (Å²) in [6.07, 6.45) is -0.251. The van der Waals surface area contributed by atoms with E-state index in [0.29, 0.717) is 30.6 Å². The van der Waals surface area contributed by atoms with E-state index in [2.05, 4.69) is 25.3 Å². The molecule has 0 aliphatic carbocycles. The predicted molar refractivity (Wildman–Crippen MR) is 112 cm³/mol. The lowest BCUT2D eigenvalue weighted by atomic mass is 10.1. The van der Waals surface area contributed by atoms with Gasteiger partial charge in [-0.1, -0.05) is 22.9 Å². The minimum Gasteiger partial charge on any atom is -0.332 e. The molecule has 0 saturated carbocycles. The Kier molecular flexibility index (Phi) is 5.34. The number of benzene rings is 1. The molecule has 1 aliphatic rings. The van der Waals surface area contributed by atoms with Gasteiger partial charge in [0.25, 0.3) is 11.8 Å². The van der Waals surface area contributed by atoms with Gasteiger partial charge in [0.05, 0.1) is 29.7 Å². The lowest BCUT2D eigenvalue weighted by Gasteiger charge is -2.23. The van der Waals surface area contributed by atoms with E-state index < -0.39 is 17.9 Å². The van der Waals surface area contributed by atoms with Gasteiger partial charge in [0.15, 0.2) is 5.82 Å². The molecule has 1 aromatic carbocycles. The van der Waals surface area contributed by atoms with Gasteiger partial charge in [0.1, 0.15) is 11.4 Å². The maximum absolute atomic E-state index is 13.6. The molecule has 0 spiro atoms. The zero-order chi connectivity index (χ0) is 23.9. The molecule has 4 heterocycles. The number of aromatic nitrogens is 6. The molecule has 1 fully saturated rings. The van der Waals surface area contributed by atoms with Crippen molar-refractivity contribution in [1.82, 2.24) is 35.0 Å². The second kappa shape index (κ2) is 8.36. The number of aryl methyl sites for hydroxylation is 1. The fourth-order valence-corrected chi connectivity index (χ4v) is 3.95. The summed E-state index contributed by atoms with van der Waals surface area (Å²) < 4.78 is 44.3. The van der Waals surface area contributed by atoms with E-state index in [4.69, 9.17) is 4.52 Å². The Morgan fingerprint density at radius 2 is 1.91 bits per heavy atom.